The lowest BCUT2D eigenvalue weighted by Gasteiger charge is -2.05. The second kappa shape index (κ2) is 4.95. The smallest absolute Gasteiger partial charge is 0.253 e. The highest BCUT2D eigenvalue weighted by atomic mass is 19.1. The van der Waals surface area contributed by atoms with E-state index in [2.05, 4.69) is 10.2 Å². The maximum absolute atomic E-state index is 13.5. The van der Waals surface area contributed by atoms with E-state index in [0.717, 1.165) is 6.07 Å². The number of Topliss-reactive ketones (excluding diaryl/α,β-unsaturated/α-hetero) is 1. The third-order valence-electron chi connectivity index (χ3n) is 2.25. The van der Waals surface area contributed by atoms with Crippen LogP contribution in [0, 0.1) is 12.7 Å². The minimum Gasteiger partial charge on any atom is -0.484 e. The van der Waals surface area contributed by atoms with E-state index in [1.165, 1.54) is 19.1 Å². The quantitative estimate of drug-likeness (QED) is 0.779. The number of ether oxygens (including phenoxy) is 1. The number of aromatic nitrogens is 2. The van der Waals surface area contributed by atoms with E-state index < -0.39 is 5.82 Å². The number of aryl methyl sites for hydroxylation is 1. The van der Waals surface area contributed by atoms with Gasteiger partial charge in [0, 0.05) is 13.0 Å². The Morgan fingerprint density at radius 2 is 2.22 bits per heavy atom. The van der Waals surface area contributed by atoms with Gasteiger partial charge in [0.2, 0.25) is 5.89 Å². The zero-order chi connectivity index (χ0) is 13.1. The van der Waals surface area contributed by atoms with Crippen LogP contribution in [0.2, 0.25) is 0 Å². The molecule has 0 aliphatic heterocycles. The van der Waals surface area contributed by atoms with Crippen molar-refractivity contribution in [1.82, 2.24) is 10.2 Å². The first kappa shape index (κ1) is 12.2. The second-order valence-corrected chi connectivity index (χ2v) is 3.70. The van der Waals surface area contributed by atoms with Gasteiger partial charge < -0.3 is 9.15 Å². The summed E-state index contributed by atoms with van der Waals surface area (Å²) in [5, 5.41) is 7.38. The topological polar surface area (TPSA) is 65.2 Å². The Morgan fingerprint density at radius 1 is 1.44 bits per heavy atom. The standard InChI is InChI=1S/C12H11FN2O3/c1-7(16)10-4-3-9(5-11(10)13)17-6-12-15-14-8(2)18-12/h3-5H,6H2,1-2H3. The lowest BCUT2D eigenvalue weighted by molar-refractivity contribution is 0.101. The van der Waals surface area contributed by atoms with Crippen LogP contribution in [0.5, 0.6) is 5.75 Å². The molecule has 2 aromatic rings. The molecule has 5 nitrogen and oxygen atoms in total. The van der Waals surface area contributed by atoms with Crippen molar-refractivity contribution in [2.45, 2.75) is 20.5 Å². The molecule has 0 atom stereocenters. The fraction of sp³-hybridized carbons (Fsp3) is 0.250. The van der Waals surface area contributed by atoms with Crippen molar-refractivity contribution in [2.24, 2.45) is 0 Å². The van der Waals surface area contributed by atoms with Gasteiger partial charge in [-0.05, 0) is 19.1 Å². The van der Waals surface area contributed by atoms with E-state index in [1.807, 2.05) is 0 Å². The molecule has 0 unspecified atom stereocenters. The lowest BCUT2D eigenvalue weighted by Crippen LogP contribution is -2.00. The molecule has 2 rings (SSSR count). The molecule has 0 N–H and O–H groups in total. The van der Waals surface area contributed by atoms with Gasteiger partial charge >= 0.3 is 0 Å². The van der Waals surface area contributed by atoms with Gasteiger partial charge in [-0.25, -0.2) is 4.39 Å². The van der Waals surface area contributed by atoms with Crippen molar-refractivity contribution in [3.05, 3.63) is 41.4 Å². The summed E-state index contributed by atoms with van der Waals surface area (Å²) < 4.78 is 23.9. The van der Waals surface area contributed by atoms with Gasteiger partial charge in [-0.1, -0.05) is 0 Å². The minimum absolute atomic E-state index is 0.0379. The Hall–Kier alpha value is -2.24. The number of nitrogens with zero attached hydrogens (tertiary/aromatic N) is 2. The summed E-state index contributed by atoms with van der Waals surface area (Å²) in [6, 6.07) is 4.05. The molecule has 0 bridgehead atoms. The zero-order valence-corrected chi connectivity index (χ0v) is 9.94. The number of benzene rings is 1. The van der Waals surface area contributed by atoms with E-state index in [9.17, 15) is 9.18 Å². The van der Waals surface area contributed by atoms with E-state index in [0.29, 0.717) is 17.5 Å². The number of ketones is 1. The van der Waals surface area contributed by atoms with Crippen molar-refractivity contribution >= 4 is 5.78 Å². The first-order valence-corrected chi connectivity index (χ1v) is 5.28. The SMILES string of the molecule is CC(=O)c1ccc(OCc2nnc(C)o2)cc1F. The van der Waals surface area contributed by atoms with Gasteiger partial charge in [0.15, 0.2) is 12.4 Å². The van der Waals surface area contributed by atoms with E-state index in [-0.39, 0.29) is 18.0 Å². The van der Waals surface area contributed by atoms with Crippen molar-refractivity contribution in [2.75, 3.05) is 0 Å². The molecular weight excluding hydrogens is 239 g/mol. The predicted octanol–water partition coefficient (Wildman–Crippen LogP) is 2.30. The largest absolute Gasteiger partial charge is 0.484 e. The zero-order valence-electron chi connectivity index (χ0n) is 9.94. The summed E-state index contributed by atoms with van der Waals surface area (Å²) in [4.78, 5) is 11.0. The third-order valence-corrected chi connectivity index (χ3v) is 2.25. The van der Waals surface area contributed by atoms with Gasteiger partial charge in [-0.3, -0.25) is 4.79 Å². The Morgan fingerprint density at radius 3 is 2.78 bits per heavy atom. The van der Waals surface area contributed by atoms with Gasteiger partial charge in [0.25, 0.3) is 5.89 Å². The molecule has 1 aromatic carbocycles. The molecule has 0 aliphatic carbocycles. The van der Waals surface area contributed by atoms with Crippen molar-refractivity contribution in [1.29, 1.82) is 0 Å². The molecule has 18 heavy (non-hydrogen) atoms. The van der Waals surface area contributed by atoms with Gasteiger partial charge in [0.05, 0.1) is 5.56 Å². The molecule has 94 valence electrons. The molecular formula is C12H11FN2O3. The Bertz CT molecular complexity index is 580. The number of hydrogen-bond donors (Lipinski definition) is 0. The molecule has 0 aliphatic rings. The molecule has 1 aromatic heterocycles. The maximum atomic E-state index is 13.5. The summed E-state index contributed by atoms with van der Waals surface area (Å²) in [6.45, 7) is 3.03. The van der Waals surface area contributed by atoms with E-state index in [1.54, 1.807) is 6.92 Å². The fourth-order valence-electron chi connectivity index (χ4n) is 1.41. The Balaban J connectivity index is 2.06. The highest BCUT2D eigenvalue weighted by molar-refractivity contribution is 5.94. The predicted molar refractivity (Wildman–Crippen MR) is 59.8 cm³/mol. The van der Waals surface area contributed by atoms with Crippen LogP contribution < -0.4 is 4.74 Å². The average Bonchev–Trinajstić information content (AvgIpc) is 2.72. The third kappa shape index (κ3) is 2.71. The van der Waals surface area contributed by atoms with Crippen LogP contribution in [0.15, 0.2) is 22.6 Å². The van der Waals surface area contributed by atoms with Crippen molar-refractivity contribution in [3.8, 4) is 5.75 Å². The Kier molecular flexibility index (Phi) is 3.36. The molecule has 0 radical (unpaired) electrons. The number of carbonyl (C=O) groups is 1. The lowest BCUT2D eigenvalue weighted by atomic mass is 10.1. The number of carbonyl (C=O) groups excluding carboxylic acids is 1. The normalized spacial score (nSPS) is 10.4. The van der Waals surface area contributed by atoms with Crippen LogP contribution in [0.25, 0.3) is 0 Å². The van der Waals surface area contributed by atoms with Crippen LogP contribution in [-0.2, 0) is 6.61 Å². The molecule has 1 heterocycles. The van der Waals surface area contributed by atoms with Crippen LogP contribution in [0.4, 0.5) is 4.39 Å². The van der Waals surface area contributed by atoms with Crippen LogP contribution in [0.1, 0.15) is 29.1 Å². The summed E-state index contributed by atoms with van der Waals surface area (Å²) in [5.41, 5.74) is 0.0379. The summed E-state index contributed by atoms with van der Waals surface area (Å²) in [5.74, 6) is 0.108. The highest BCUT2D eigenvalue weighted by Crippen LogP contribution is 2.18. The molecule has 0 saturated carbocycles. The monoisotopic (exact) mass is 250 g/mol. The minimum atomic E-state index is -0.610. The van der Waals surface area contributed by atoms with Crippen molar-refractivity contribution in [3.63, 3.8) is 0 Å². The molecule has 0 spiro atoms. The van der Waals surface area contributed by atoms with E-state index in [4.69, 9.17) is 9.15 Å². The fourth-order valence-corrected chi connectivity index (χ4v) is 1.41. The first-order valence-electron chi connectivity index (χ1n) is 5.28. The van der Waals surface area contributed by atoms with Crippen LogP contribution in [-0.4, -0.2) is 16.0 Å². The second-order valence-electron chi connectivity index (χ2n) is 3.70. The van der Waals surface area contributed by atoms with Gasteiger partial charge in [-0.15, -0.1) is 10.2 Å². The van der Waals surface area contributed by atoms with Crippen LogP contribution in [0.3, 0.4) is 0 Å². The molecule has 6 heteroatoms. The average molecular weight is 250 g/mol. The molecule has 0 amide bonds. The summed E-state index contributed by atoms with van der Waals surface area (Å²) >= 11 is 0. The maximum Gasteiger partial charge on any atom is 0.253 e. The van der Waals surface area contributed by atoms with Crippen molar-refractivity contribution < 1.29 is 18.3 Å². The first-order chi connectivity index (χ1) is 8.56. The number of rotatable bonds is 4. The van der Waals surface area contributed by atoms with E-state index >= 15 is 0 Å². The molecule has 0 fully saturated rings. The summed E-state index contributed by atoms with van der Waals surface area (Å²) in [7, 11) is 0. The Labute approximate surface area is 103 Å². The highest BCUT2D eigenvalue weighted by Gasteiger charge is 2.09. The van der Waals surface area contributed by atoms with Gasteiger partial charge in [-0.2, -0.15) is 0 Å². The van der Waals surface area contributed by atoms with Crippen LogP contribution >= 0.6 is 0 Å². The number of halogens is 1. The molecule has 0 saturated heterocycles. The number of hydrogen-bond acceptors (Lipinski definition) is 5. The summed E-state index contributed by atoms with van der Waals surface area (Å²) in [6.07, 6.45) is 0. The van der Waals surface area contributed by atoms with Gasteiger partial charge in [0.1, 0.15) is 11.6 Å².